The van der Waals surface area contributed by atoms with E-state index in [1.54, 1.807) is 6.92 Å². The largest absolute Gasteiger partial charge is 0.480 e. The zero-order valence-corrected chi connectivity index (χ0v) is 10.9. The van der Waals surface area contributed by atoms with Crippen molar-refractivity contribution in [1.29, 1.82) is 0 Å². The van der Waals surface area contributed by atoms with Crippen LogP contribution in [0.1, 0.15) is 21.9 Å². The van der Waals surface area contributed by atoms with Crippen molar-refractivity contribution in [2.45, 2.75) is 19.4 Å². The van der Waals surface area contributed by atoms with Crippen molar-refractivity contribution >= 4 is 11.9 Å². The number of rotatable bonds is 5. The first-order valence-corrected chi connectivity index (χ1v) is 6.06. The molecule has 2 aromatic rings. The van der Waals surface area contributed by atoms with E-state index in [1.165, 1.54) is 6.26 Å². The Morgan fingerprint density at radius 2 is 2.05 bits per heavy atom. The summed E-state index contributed by atoms with van der Waals surface area (Å²) in [4.78, 5) is 26.9. The first kappa shape index (κ1) is 13.8. The zero-order valence-electron chi connectivity index (χ0n) is 10.9. The number of oxazole rings is 1. The maximum Gasteiger partial charge on any atom is 0.326 e. The highest BCUT2D eigenvalue weighted by Crippen LogP contribution is 2.05. The first-order chi connectivity index (χ1) is 9.56. The summed E-state index contributed by atoms with van der Waals surface area (Å²) >= 11 is 0. The number of carbonyl (C=O) groups is 2. The van der Waals surface area contributed by atoms with Crippen LogP contribution >= 0.6 is 0 Å². The van der Waals surface area contributed by atoms with Crippen molar-refractivity contribution in [1.82, 2.24) is 10.3 Å². The van der Waals surface area contributed by atoms with Crippen molar-refractivity contribution in [3.05, 3.63) is 53.7 Å². The maximum absolute atomic E-state index is 11.9. The molecule has 1 aromatic heterocycles. The summed E-state index contributed by atoms with van der Waals surface area (Å²) in [5.41, 5.74) is 0.901. The number of carbonyl (C=O) groups excluding carboxylic acids is 1. The minimum atomic E-state index is -1.09. The van der Waals surface area contributed by atoms with E-state index in [9.17, 15) is 14.7 Å². The molecule has 1 atom stereocenters. The minimum absolute atomic E-state index is 0.0711. The van der Waals surface area contributed by atoms with Crippen molar-refractivity contribution in [3.8, 4) is 0 Å². The molecule has 0 radical (unpaired) electrons. The van der Waals surface area contributed by atoms with Crippen LogP contribution in [0.4, 0.5) is 0 Å². The van der Waals surface area contributed by atoms with Gasteiger partial charge in [-0.05, 0) is 5.56 Å². The van der Waals surface area contributed by atoms with E-state index in [-0.39, 0.29) is 12.1 Å². The van der Waals surface area contributed by atoms with Crippen LogP contribution in [0.15, 0.2) is 41.0 Å². The Balaban J connectivity index is 2.06. The van der Waals surface area contributed by atoms with Gasteiger partial charge in [0.15, 0.2) is 11.6 Å². The third-order valence-electron chi connectivity index (χ3n) is 2.74. The number of nitrogens with one attached hydrogen (secondary N) is 1. The van der Waals surface area contributed by atoms with E-state index in [2.05, 4.69) is 10.3 Å². The fourth-order valence-corrected chi connectivity index (χ4v) is 1.75. The predicted molar refractivity (Wildman–Crippen MR) is 70.3 cm³/mol. The molecule has 2 rings (SSSR count). The van der Waals surface area contributed by atoms with Crippen LogP contribution in [-0.2, 0) is 11.2 Å². The number of amides is 1. The molecule has 20 heavy (non-hydrogen) atoms. The van der Waals surface area contributed by atoms with E-state index in [1.807, 2.05) is 30.3 Å². The summed E-state index contributed by atoms with van der Waals surface area (Å²) in [7, 11) is 0. The number of carboxylic acid groups (broad SMARTS) is 1. The van der Waals surface area contributed by atoms with Gasteiger partial charge in [0.2, 0.25) is 0 Å². The van der Waals surface area contributed by atoms with Crippen LogP contribution in [0.5, 0.6) is 0 Å². The molecular formula is C14H14N2O4. The highest BCUT2D eigenvalue weighted by atomic mass is 16.4. The molecule has 0 aliphatic carbocycles. The normalized spacial score (nSPS) is 11.8. The van der Waals surface area contributed by atoms with Gasteiger partial charge in [0.25, 0.3) is 5.91 Å². The topological polar surface area (TPSA) is 92.4 Å². The molecule has 0 saturated carbocycles. The fraction of sp³-hybridized carbons (Fsp3) is 0.214. The first-order valence-electron chi connectivity index (χ1n) is 6.06. The smallest absolute Gasteiger partial charge is 0.326 e. The van der Waals surface area contributed by atoms with Gasteiger partial charge in [-0.1, -0.05) is 30.3 Å². The third-order valence-corrected chi connectivity index (χ3v) is 2.74. The molecule has 0 fully saturated rings. The van der Waals surface area contributed by atoms with Gasteiger partial charge >= 0.3 is 5.97 Å². The van der Waals surface area contributed by atoms with Crippen molar-refractivity contribution < 1.29 is 19.1 Å². The van der Waals surface area contributed by atoms with Crippen LogP contribution in [0.25, 0.3) is 0 Å². The fourth-order valence-electron chi connectivity index (χ4n) is 1.75. The van der Waals surface area contributed by atoms with Gasteiger partial charge in [-0.3, -0.25) is 4.79 Å². The summed E-state index contributed by atoms with van der Waals surface area (Å²) < 4.78 is 4.93. The Morgan fingerprint density at radius 3 is 2.60 bits per heavy atom. The quantitative estimate of drug-likeness (QED) is 0.860. The van der Waals surface area contributed by atoms with Gasteiger partial charge in [0.05, 0.1) is 0 Å². The predicted octanol–water partition coefficient (Wildman–Crippen LogP) is 1.41. The van der Waals surface area contributed by atoms with E-state index >= 15 is 0 Å². The summed E-state index contributed by atoms with van der Waals surface area (Å²) in [6.45, 7) is 1.61. The van der Waals surface area contributed by atoms with E-state index in [0.717, 1.165) is 5.56 Å². The lowest BCUT2D eigenvalue weighted by Gasteiger charge is -2.13. The maximum atomic E-state index is 11.9. The average molecular weight is 274 g/mol. The molecular weight excluding hydrogens is 260 g/mol. The molecule has 0 bridgehead atoms. The monoisotopic (exact) mass is 274 g/mol. The van der Waals surface area contributed by atoms with Crippen LogP contribution in [0.3, 0.4) is 0 Å². The lowest BCUT2D eigenvalue weighted by molar-refractivity contribution is -0.139. The van der Waals surface area contributed by atoms with Gasteiger partial charge in [-0.15, -0.1) is 0 Å². The van der Waals surface area contributed by atoms with Gasteiger partial charge in [-0.2, -0.15) is 0 Å². The van der Waals surface area contributed by atoms with Gasteiger partial charge in [0.1, 0.15) is 12.3 Å². The summed E-state index contributed by atoms with van der Waals surface area (Å²) in [6, 6.07) is 8.08. The second-order valence-corrected chi connectivity index (χ2v) is 4.31. The van der Waals surface area contributed by atoms with Crippen molar-refractivity contribution in [3.63, 3.8) is 0 Å². The van der Waals surface area contributed by atoms with E-state index < -0.39 is 17.9 Å². The van der Waals surface area contributed by atoms with Crippen molar-refractivity contribution in [2.75, 3.05) is 0 Å². The second-order valence-electron chi connectivity index (χ2n) is 4.31. The van der Waals surface area contributed by atoms with Crippen LogP contribution in [-0.4, -0.2) is 28.0 Å². The highest BCUT2D eigenvalue weighted by Gasteiger charge is 2.22. The summed E-state index contributed by atoms with van der Waals surface area (Å²) in [5, 5.41) is 11.6. The van der Waals surface area contributed by atoms with Gasteiger partial charge < -0.3 is 14.8 Å². The highest BCUT2D eigenvalue weighted by molar-refractivity contribution is 5.94. The third kappa shape index (κ3) is 3.44. The molecule has 0 aliphatic heterocycles. The van der Waals surface area contributed by atoms with Crippen LogP contribution in [0.2, 0.25) is 0 Å². The molecule has 1 amide bonds. The number of hydrogen-bond acceptors (Lipinski definition) is 4. The van der Waals surface area contributed by atoms with Gasteiger partial charge in [-0.25, -0.2) is 9.78 Å². The van der Waals surface area contributed by atoms with E-state index in [4.69, 9.17) is 4.42 Å². The molecule has 1 heterocycles. The molecule has 0 aliphatic rings. The Labute approximate surface area is 115 Å². The number of aryl methyl sites for hydroxylation is 1. The Morgan fingerprint density at radius 1 is 1.35 bits per heavy atom. The average Bonchev–Trinajstić information content (AvgIpc) is 2.86. The lowest BCUT2D eigenvalue weighted by atomic mass is 10.1. The van der Waals surface area contributed by atoms with Crippen LogP contribution < -0.4 is 5.32 Å². The van der Waals surface area contributed by atoms with Crippen molar-refractivity contribution in [2.24, 2.45) is 0 Å². The Bertz CT molecular complexity index is 607. The second kappa shape index (κ2) is 6.01. The van der Waals surface area contributed by atoms with Gasteiger partial charge in [0, 0.05) is 13.3 Å². The molecule has 1 unspecified atom stereocenters. The molecule has 0 saturated heterocycles. The molecule has 104 valence electrons. The molecule has 6 nitrogen and oxygen atoms in total. The standard InChI is InChI=1S/C14H14N2O4/c1-9-15-12(8-20-9)13(17)16-11(14(18)19)7-10-5-3-2-4-6-10/h2-6,8,11H,7H2,1H3,(H,16,17)(H,18,19). The summed E-state index contributed by atoms with van der Waals surface area (Å²) in [6.07, 6.45) is 1.41. The molecule has 0 spiro atoms. The lowest BCUT2D eigenvalue weighted by Crippen LogP contribution is -2.42. The molecule has 1 aromatic carbocycles. The SMILES string of the molecule is Cc1nc(C(=O)NC(Cc2ccccc2)C(=O)O)co1. The van der Waals surface area contributed by atoms with Crippen LogP contribution in [0, 0.1) is 6.92 Å². The summed E-state index contributed by atoms with van der Waals surface area (Å²) in [5.74, 6) is -1.31. The Hall–Kier alpha value is -2.63. The number of hydrogen-bond donors (Lipinski definition) is 2. The van der Waals surface area contributed by atoms with E-state index in [0.29, 0.717) is 5.89 Å². The number of nitrogens with zero attached hydrogens (tertiary/aromatic N) is 1. The minimum Gasteiger partial charge on any atom is -0.480 e. The number of aromatic nitrogens is 1. The number of aliphatic carboxylic acids is 1. The Kier molecular flexibility index (Phi) is 4.14. The number of carboxylic acids is 1. The zero-order chi connectivity index (χ0) is 14.5. The number of benzene rings is 1. The molecule has 6 heteroatoms. The molecule has 2 N–H and O–H groups in total.